The van der Waals surface area contributed by atoms with Crippen LogP contribution in [-0.2, 0) is 17.1 Å². The molecule has 0 aliphatic heterocycles. The summed E-state index contributed by atoms with van der Waals surface area (Å²) in [7, 11) is -1.85. The Kier molecular flexibility index (Phi) is 3.66. The molecule has 0 fully saturated rings. The molecule has 0 amide bonds. The minimum atomic E-state index is -3.69. The lowest BCUT2D eigenvalue weighted by Crippen LogP contribution is -2.13. The number of nitrogens with zero attached hydrogens (tertiary/aromatic N) is 2. The summed E-state index contributed by atoms with van der Waals surface area (Å²) in [6.07, 6.45) is 0. The molecule has 0 spiro atoms. The highest BCUT2D eigenvalue weighted by atomic mass is 32.2. The molecule has 1 aromatic heterocycles. The SMILES string of the molecule is Cc1cc2s/c(=N\S(=O)(=O)c3ccccc3)n(C)c2cc1C. The van der Waals surface area contributed by atoms with Gasteiger partial charge in [-0.05, 0) is 49.2 Å². The molecule has 1 heterocycles. The fourth-order valence-electron chi connectivity index (χ4n) is 2.22. The zero-order valence-corrected chi connectivity index (χ0v) is 14.2. The monoisotopic (exact) mass is 332 g/mol. The van der Waals surface area contributed by atoms with Gasteiger partial charge >= 0.3 is 0 Å². The van der Waals surface area contributed by atoms with Gasteiger partial charge in [0.1, 0.15) is 0 Å². The van der Waals surface area contributed by atoms with Crippen molar-refractivity contribution in [3.05, 3.63) is 58.4 Å². The lowest BCUT2D eigenvalue weighted by molar-refractivity contribution is 0.596. The summed E-state index contributed by atoms with van der Waals surface area (Å²) in [6, 6.07) is 12.4. The first-order valence-electron chi connectivity index (χ1n) is 6.81. The zero-order chi connectivity index (χ0) is 15.9. The van der Waals surface area contributed by atoms with Crippen molar-refractivity contribution < 1.29 is 8.42 Å². The van der Waals surface area contributed by atoms with E-state index in [1.54, 1.807) is 30.3 Å². The van der Waals surface area contributed by atoms with Gasteiger partial charge in [0.15, 0.2) is 0 Å². The summed E-state index contributed by atoms with van der Waals surface area (Å²) in [5.41, 5.74) is 3.36. The number of hydrogen-bond donors (Lipinski definition) is 0. The normalized spacial score (nSPS) is 13.0. The molecule has 0 unspecified atom stereocenters. The number of aryl methyl sites for hydroxylation is 3. The van der Waals surface area contributed by atoms with Gasteiger partial charge in [-0.25, -0.2) is 0 Å². The van der Waals surface area contributed by atoms with Gasteiger partial charge in [0.25, 0.3) is 10.0 Å². The predicted octanol–water partition coefficient (Wildman–Crippen LogP) is 3.15. The Balaban J connectivity index is 2.24. The van der Waals surface area contributed by atoms with Crippen LogP contribution in [0.2, 0.25) is 0 Å². The second kappa shape index (κ2) is 5.37. The molecule has 0 aliphatic carbocycles. The molecule has 0 saturated heterocycles. The van der Waals surface area contributed by atoms with E-state index in [0.717, 1.165) is 10.2 Å². The lowest BCUT2D eigenvalue weighted by Gasteiger charge is -2.01. The molecule has 114 valence electrons. The van der Waals surface area contributed by atoms with E-state index in [1.807, 2.05) is 25.5 Å². The maximum Gasteiger partial charge on any atom is 0.285 e. The first kappa shape index (κ1) is 15.0. The molecular formula is C16H16N2O2S2. The van der Waals surface area contributed by atoms with E-state index in [-0.39, 0.29) is 4.90 Å². The number of rotatable bonds is 2. The van der Waals surface area contributed by atoms with Crippen molar-refractivity contribution in [2.75, 3.05) is 0 Å². The molecule has 0 N–H and O–H groups in total. The van der Waals surface area contributed by atoms with Crippen molar-refractivity contribution in [3.63, 3.8) is 0 Å². The predicted molar refractivity (Wildman–Crippen MR) is 89.5 cm³/mol. The Morgan fingerprint density at radius 3 is 2.36 bits per heavy atom. The molecule has 4 nitrogen and oxygen atoms in total. The van der Waals surface area contributed by atoms with Gasteiger partial charge in [-0.2, -0.15) is 8.42 Å². The Bertz CT molecular complexity index is 1010. The second-order valence-electron chi connectivity index (χ2n) is 5.23. The van der Waals surface area contributed by atoms with Crippen molar-refractivity contribution in [2.45, 2.75) is 18.7 Å². The van der Waals surface area contributed by atoms with Crippen LogP contribution in [0.15, 0.2) is 51.8 Å². The van der Waals surface area contributed by atoms with E-state index in [9.17, 15) is 8.42 Å². The van der Waals surface area contributed by atoms with Crippen molar-refractivity contribution in [1.29, 1.82) is 0 Å². The zero-order valence-electron chi connectivity index (χ0n) is 12.6. The number of thiazole rings is 1. The molecule has 2 aromatic carbocycles. The number of hydrogen-bond acceptors (Lipinski definition) is 3. The van der Waals surface area contributed by atoms with E-state index < -0.39 is 10.0 Å². The molecule has 0 bridgehead atoms. The summed E-state index contributed by atoms with van der Waals surface area (Å²) in [4.78, 5) is 0.684. The highest BCUT2D eigenvalue weighted by molar-refractivity contribution is 7.90. The van der Waals surface area contributed by atoms with Crippen LogP contribution >= 0.6 is 11.3 Å². The van der Waals surface area contributed by atoms with Crippen molar-refractivity contribution in [2.24, 2.45) is 11.4 Å². The molecule has 0 aliphatic rings. The summed E-state index contributed by atoms with van der Waals surface area (Å²) in [5.74, 6) is 0. The van der Waals surface area contributed by atoms with Crippen LogP contribution in [0, 0.1) is 13.8 Å². The average Bonchev–Trinajstić information content (AvgIpc) is 2.76. The summed E-state index contributed by atoms with van der Waals surface area (Å²) < 4.78 is 31.7. The second-order valence-corrected chi connectivity index (χ2v) is 7.84. The minimum absolute atomic E-state index is 0.208. The van der Waals surface area contributed by atoms with E-state index >= 15 is 0 Å². The van der Waals surface area contributed by atoms with Gasteiger partial charge in [0.2, 0.25) is 4.80 Å². The first-order chi connectivity index (χ1) is 10.4. The first-order valence-corrected chi connectivity index (χ1v) is 9.07. The molecule has 22 heavy (non-hydrogen) atoms. The smallest absolute Gasteiger partial charge is 0.285 e. The Hall–Kier alpha value is -1.92. The van der Waals surface area contributed by atoms with Crippen LogP contribution in [0.25, 0.3) is 10.2 Å². The Labute approximate surface area is 133 Å². The average molecular weight is 332 g/mol. The summed E-state index contributed by atoms with van der Waals surface area (Å²) in [6.45, 7) is 4.09. The highest BCUT2D eigenvalue weighted by Gasteiger charge is 2.13. The minimum Gasteiger partial charge on any atom is -0.319 e. The fraction of sp³-hybridized carbons (Fsp3) is 0.188. The largest absolute Gasteiger partial charge is 0.319 e. The highest BCUT2D eigenvalue weighted by Crippen LogP contribution is 2.21. The fourth-order valence-corrected chi connectivity index (χ4v) is 4.56. The molecule has 0 atom stereocenters. The van der Waals surface area contributed by atoms with Gasteiger partial charge in [-0.3, -0.25) is 0 Å². The van der Waals surface area contributed by atoms with Gasteiger partial charge in [-0.15, -0.1) is 4.40 Å². The molecular weight excluding hydrogens is 316 g/mol. The quantitative estimate of drug-likeness (QED) is 0.724. The van der Waals surface area contributed by atoms with E-state index in [4.69, 9.17) is 0 Å². The van der Waals surface area contributed by atoms with E-state index in [0.29, 0.717) is 4.80 Å². The third-order valence-electron chi connectivity index (χ3n) is 3.66. The summed E-state index contributed by atoms with van der Waals surface area (Å²) in [5, 5.41) is 0. The lowest BCUT2D eigenvalue weighted by atomic mass is 10.1. The number of aromatic nitrogens is 1. The van der Waals surface area contributed by atoms with Crippen LogP contribution < -0.4 is 4.80 Å². The van der Waals surface area contributed by atoms with Crippen molar-refractivity contribution in [1.82, 2.24) is 4.57 Å². The maximum atomic E-state index is 12.4. The number of sulfonamides is 1. The standard InChI is InChI=1S/C16H16N2O2S2/c1-11-9-14-15(10-12(11)2)21-16(18(14)3)17-22(19,20)13-7-5-4-6-8-13/h4-10H,1-3H3/b17-16-. The van der Waals surface area contributed by atoms with Crippen molar-refractivity contribution in [3.8, 4) is 0 Å². The molecule has 0 saturated carbocycles. The third kappa shape index (κ3) is 2.60. The van der Waals surface area contributed by atoms with Crippen molar-refractivity contribution >= 4 is 31.6 Å². The number of fused-ring (bicyclic) bond motifs is 1. The Morgan fingerprint density at radius 1 is 1.05 bits per heavy atom. The molecule has 0 radical (unpaired) electrons. The van der Waals surface area contributed by atoms with E-state index in [1.165, 1.54) is 22.5 Å². The van der Waals surface area contributed by atoms with Crippen LogP contribution in [0.1, 0.15) is 11.1 Å². The maximum absolute atomic E-state index is 12.4. The van der Waals surface area contributed by atoms with Gasteiger partial charge in [0.05, 0.1) is 15.1 Å². The van der Waals surface area contributed by atoms with Gasteiger partial charge in [0, 0.05) is 7.05 Å². The van der Waals surface area contributed by atoms with Crippen LogP contribution in [0.3, 0.4) is 0 Å². The van der Waals surface area contributed by atoms with Gasteiger partial charge < -0.3 is 4.57 Å². The Morgan fingerprint density at radius 2 is 1.68 bits per heavy atom. The molecule has 3 aromatic rings. The van der Waals surface area contributed by atoms with Crippen LogP contribution in [-0.4, -0.2) is 13.0 Å². The number of benzene rings is 2. The van der Waals surface area contributed by atoms with Crippen LogP contribution in [0.4, 0.5) is 0 Å². The molecule has 6 heteroatoms. The van der Waals surface area contributed by atoms with Crippen LogP contribution in [0.5, 0.6) is 0 Å². The van der Waals surface area contributed by atoms with E-state index in [2.05, 4.69) is 16.5 Å². The third-order valence-corrected chi connectivity index (χ3v) is 6.16. The topological polar surface area (TPSA) is 51.4 Å². The van der Waals surface area contributed by atoms with Gasteiger partial charge in [-0.1, -0.05) is 29.5 Å². The molecule has 3 rings (SSSR count). The summed E-state index contributed by atoms with van der Waals surface area (Å²) >= 11 is 1.39.